The van der Waals surface area contributed by atoms with Gasteiger partial charge in [-0.25, -0.2) is 0 Å². The summed E-state index contributed by atoms with van der Waals surface area (Å²) in [5.74, 6) is 1.04. The third-order valence-corrected chi connectivity index (χ3v) is 4.27. The molecule has 4 heteroatoms. The van der Waals surface area contributed by atoms with E-state index in [0.29, 0.717) is 6.04 Å². The number of rotatable bonds is 6. The molecule has 0 bridgehead atoms. The summed E-state index contributed by atoms with van der Waals surface area (Å²) in [6.07, 6.45) is 3.73. The number of halogens is 2. The van der Waals surface area contributed by atoms with Gasteiger partial charge in [-0.2, -0.15) is 0 Å². The molecule has 1 heterocycles. The molecule has 0 amide bonds. The normalized spacial score (nSPS) is 12.6. The Labute approximate surface area is 127 Å². The highest BCUT2D eigenvalue weighted by Gasteiger charge is 2.05. The van der Waals surface area contributed by atoms with Crippen LogP contribution in [0.2, 0.25) is 5.02 Å². The first-order valence-electron chi connectivity index (χ1n) is 6.35. The molecule has 0 aliphatic carbocycles. The van der Waals surface area contributed by atoms with E-state index >= 15 is 0 Å². The van der Waals surface area contributed by atoms with E-state index in [-0.39, 0.29) is 0 Å². The van der Waals surface area contributed by atoms with Gasteiger partial charge in [0.15, 0.2) is 0 Å². The van der Waals surface area contributed by atoms with Gasteiger partial charge >= 0.3 is 0 Å². The third kappa shape index (κ3) is 4.68. The number of furan rings is 1. The van der Waals surface area contributed by atoms with Crippen molar-refractivity contribution in [3.05, 3.63) is 57.4 Å². The second kappa shape index (κ2) is 7.13. The highest BCUT2D eigenvalue weighted by atomic mass is 79.9. The zero-order valence-corrected chi connectivity index (χ0v) is 13.2. The van der Waals surface area contributed by atoms with E-state index in [9.17, 15) is 0 Å². The van der Waals surface area contributed by atoms with Crippen molar-refractivity contribution in [2.45, 2.75) is 32.4 Å². The minimum Gasteiger partial charge on any atom is -0.469 e. The molecule has 2 rings (SSSR count). The molecule has 0 aliphatic rings. The molecule has 0 saturated carbocycles. The first kappa shape index (κ1) is 14.6. The van der Waals surface area contributed by atoms with Crippen LogP contribution in [0, 0.1) is 0 Å². The van der Waals surface area contributed by atoms with Crippen molar-refractivity contribution in [1.29, 1.82) is 0 Å². The van der Waals surface area contributed by atoms with Gasteiger partial charge in [0.2, 0.25) is 0 Å². The molecule has 1 aromatic heterocycles. The van der Waals surface area contributed by atoms with Gasteiger partial charge in [-0.1, -0.05) is 17.7 Å². The Kier molecular flexibility index (Phi) is 5.49. The maximum atomic E-state index is 6.07. The average molecular weight is 343 g/mol. The zero-order chi connectivity index (χ0) is 13.7. The molecule has 0 radical (unpaired) electrons. The van der Waals surface area contributed by atoms with Crippen molar-refractivity contribution >= 4 is 27.5 Å². The molecule has 19 heavy (non-hydrogen) atoms. The molecule has 102 valence electrons. The topological polar surface area (TPSA) is 25.2 Å². The van der Waals surface area contributed by atoms with Crippen LogP contribution in [0.3, 0.4) is 0 Å². The van der Waals surface area contributed by atoms with E-state index in [0.717, 1.165) is 34.6 Å². The van der Waals surface area contributed by atoms with Gasteiger partial charge < -0.3 is 9.73 Å². The van der Waals surface area contributed by atoms with Crippen molar-refractivity contribution in [2.24, 2.45) is 0 Å². The van der Waals surface area contributed by atoms with Gasteiger partial charge in [0, 0.05) is 23.5 Å². The van der Waals surface area contributed by atoms with Gasteiger partial charge in [-0.3, -0.25) is 0 Å². The molecule has 2 aromatic rings. The monoisotopic (exact) mass is 341 g/mol. The standard InChI is InChI=1S/C15H17BrClNO/c1-11(4-6-13-3-2-8-19-13)18-10-12-5-7-14(16)15(17)9-12/h2-3,5,7-9,11,18H,4,6,10H2,1H3. The Hall–Kier alpha value is -0.770. The largest absolute Gasteiger partial charge is 0.469 e. The fourth-order valence-electron chi connectivity index (χ4n) is 1.86. The average Bonchev–Trinajstić information content (AvgIpc) is 2.91. The fraction of sp³-hybridized carbons (Fsp3) is 0.333. The van der Waals surface area contributed by atoms with Crippen LogP contribution in [0.25, 0.3) is 0 Å². The Morgan fingerprint density at radius 3 is 2.89 bits per heavy atom. The van der Waals surface area contributed by atoms with Gasteiger partial charge in [-0.05, 0) is 59.1 Å². The molecule has 1 N–H and O–H groups in total. The lowest BCUT2D eigenvalue weighted by Crippen LogP contribution is -2.25. The summed E-state index contributed by atoms with van der Waals surface area (Å²) in [5, 5.41) is 4.24. The second-order valence-electron chi connectivity index (χ2n) is 4.65. The summed E-state index contributed by atoms with van der Waals surface area (Å²) in [7, 11) is 0. The summed E-state index contributed by atoms with van der Waals surface area (Å²) in [6, 6.07) is 10.4. The van der Waals surface area contributed by atoms with E-state index in [4.69, 9.17) is 16.0 Å². The van der Waals surface area contributed by atoms with E-state index in [1.165, 1.54) is 5.56 Å². The number of nitrogens with one attached hydrogen (secondary N) is 1. The summed E-state index contributed by atoms with van der Waals surface area (Å²) < 4.78 is 6.26. The van der Waals surface area contributed by atoms with Crippen molar-refractivity contribution in [3.8, 4) is 0 Å². The molecule has 2 nitrogen and oxygen atoms in total. The van der Waals surface area contributed by atoms with E-state index in [1.807, 2.05) is 24.3 Å². The molecule has 0 spiro atoms. The lowest BCUT2D eigenvalue weighted by molar-refractivity contribution is 0.460. The van der Waals surface area contributed by atoms with Crippen molar-refractivity contribution in [1.82, 2.24) is 5.32 Å². The first-order valence-corrected chi connectivity index (χ1v) is 7.52. The van der Waals surface area contributed by atoms with Crippen LogP contribution in [0.1, 0.15) is 24.7 Å². The van der Waals surface area contributed by atoms with Crippen molar-refractivity contribution in [2.75, 3.05) is 0 Å². The molecule has 1 aromatic carbocycles. The zero-order valence-electron chi connectivity index (χ0n) is 10.8. The maximum Gasteiger partial charge on any atom is 0.103 e. The van der Waals surface area contributed by atoms with Gasteiger partial charge in [-0.15, -0.1) is 0 Å². The Morgan fingerprint density at radius 2 is 2.21 bits per heavy atom. The minimum atomic E-state index is 0.438. The lowest BCUT2D eigenvalue weighted by atomic mass is 10.1. The molecule has 0 fully saturated rings. The number of hydrogen-bond acceptors (Lipinski definition) is 2. The molecule has 0 aliphatic heterocycles. The molecular weight excluding hydrogens is 326 g/mol. The fourth-order valence-corrected chi connectivity index (χ4v) is 2.31. The van der Waals surface area contributed by atoms with E-state index in [1.54, 1.807) is 6.26 Å². The van der Waals surface area contributed by atoms with Crippen LogP contribution >= 0.6 is 27.5 Å². The van der Waals surface area contributed by atoms with Crippen LogP contribution in [0.4, 0.5) is 0 Å². The number of aryl methyl sites for hydroxylation is 1. The Bertz CT molecular complexity index is 513. The first-order chi connectivity index (χ1) is 9.15. The predicted octanol–water partition coefficient (Wildman–Crippen LogP) is 4.81. The van der Waals surface area contributed by atoms with Gasteiger partial charge in [0.05, 0.1) is 11.3 Å². The summed E-state index contributed by atoms with van der Waals surface area (Å²) in [4.78, 5) is 0. The quantitative estimate of drug-likeness (QED) is 0.815. The van der Waals surface area contributed by atoms with Crippen LogP contribution in [-0.4, -0.2) is 6.04 Å². The van der Waals surface area contributed by atoms with Crippen LogP contribution in [-0.2, 0) is 13.0 Å². The predicted molar refractivity (Wildman–Crippen MR) is 82.5 cm³/mol. The van der Waals surface area contributed by atoms with Crippen LogP contribution in [0.15, 0.2) is 45.5 Å². The maximum absolute atomic E-state index is 6.07. The highest BCUT2D eigenvalue weighted by Crippen LogP contribution is 2.23. The summed E-state index contributed by atoms with van der Waals surface area (Å²) in [5.41, 5.74) is 1.19. The van der Waals surface area contributed by atoms with E-state index in [2.05, 4.69) is 34.2 Å². The van der Waals surface area contributed by atoms with Crippen molar-refractivity contribution in [3.63, 3.8) is 0 Å². The SMILES string of the molecule is CC(CCc1ccco1)NCc1ccc(Br)c(Cl)c1. The molecular formula is C15H17BrClNO. The Balaban J connectivity index is 1.76. The van der Waals surface area contributed by atoms with Gasteiger partial charge in [0.25, 0.3) is 0 Å². The molecule has 1 unspecified atom stereocenters. The van der Waals surface area contributed by atoms with Crippen LogP contribution in [0.5, 0.6) is 0 Å². The summed E-state index contributed by atoms with van der Waals surface area (Å²) >= 11 is 9.46. The Morgan fingerprint density at radius 1 is 1.37 bits per heavy atom. The molecule has 0 saturated heterocycles. The van der Waals surface area contributed by atoms with E-state index < -0.39 is 0 Å². The molecule has 1 atom stereocenters. The third-order valence-electron chi connectivity index (χ3n) is 3.04. The number of hydrogen-bond donors (Lipinski definition) is 1. The lowest BCUT2D eigenvalue weighted by Gasteiger charge is -2.13. The van der Waals surface area contributed by atoms with Crippen LogP contribution < -0.4 is 5.32 Å². The second-order valence-corrected chi connectivity index (χ2v) is 5.91. The smallest absolute Gasteiger partial charge is 0.103 e. The highest BCUT2D eigenvalue weighted by molar-refractivity contribution is 9.10. The minimum absolute atomic E-state index is 0.438. The van der Waals surface area contributed by atoms with Gasteiger partial charge in [0.1, 0.15) is 5.76 Å². The van der Waals surface area contributed by atoms with Crippen molar-refractivity contribution < 1.29 is 4.42 Å². The number of benzene rings is 1. The summed E-state index contributed by atoms with van der Waals surface area (Å²) in [6.45, 7) is 3.01.